The maximum Gasteiger partial charge on any atom is 0.155 e. The first-order chi connectivity index (χ1) is 5.16. The van der Waals surface area contributed by atoms with E-state index in [0.717, 1.165) is 0 Å². The Morgan fingerprint density at radius 3 is 2.27 bits per heavy atom. The highest BCUT2D eigenvalue weighted by Crippen LogP contribution is 2.31. The number of phenols is 2. The second-order valence-electron chi connectivity index (χ2n) is 1.95. The van der Waals surface area contributed by atoms with E-state index < -0.39 is 0 Å². The lowest BCUT2D eigenvalue weighted by molar-refractivity contribution is 0.112. The molecule has 0 saturated heterocycles. The van der Waals surface area contributed by atoms with E-state index in [1.807, 2.05) is 0 Å². The van der Waals surface area contributed by atoms with Crippen molar-refractivity contribution in [3.8, 4) is 11.5 Å². The van der Waals surface area contributed by atoms with Gasteiger partial charge in [-0.3, -0.25) is 4.79 Å². The highest BCUT2D eigenvalue weighted by Gasteiger charge is 2.08. The Morgan fingerprint density at radius 1 is 1.27 bits per heavy atom. The highest BCUT2D eigenvalue weighted by atomic mass is 35.5. The molecule has 0 fully saturated rings. The molecule has 0 aliphatic rings. The highest BCUT2D eigenvalue weighted by molar-refractivity contribution is 6.34. The summed E-state index contributed by atoms with van der Waals surface area (Å²) in [6, 6.07) is 2.41. The van der Waals surface area contributed by atoms with Crippen molar-refractivity contribution in [2.45, 2.75) is 0 Å². The van der Waals surface area contributed by atoms with Crippen molar-refractivity contribution in [2.75, 3.05) is 0 Å². The second-order valence-corrected chi connectivity index (χ2v) is 2.33. The number of halogens is 1. The van der Waals surface area contributed by atoms with E-state index in [9.17, 15) is 4.79 Å². The lowest BCUT2D eigenvalue weighted by atomic mass is 10.2. The molecule has 0 amide bonds. The topological polar surface area (TPSA) is 57.5 Å². The van der Waals surface area contributed by atoms with Crippen molar-refractivity contribution in [1.29, 1.82) is 0 Å². The summed E-state index contributed by atoms with van der Waals surface area (Å²) in [6.45, 7) is 0. The van der Waals surface area contributed by atoms with Gasteiger partial charge in [-0.05, 0) is 12.1 Å². The largest absolute Gasteiger partial charge is 0.507 e. The molecule has 0 atom stereocenters. The summed E-state index contributed by atoms with van der Waals surface area (Å²) < 4.78 is 0. The number of aromatic hydroxyl groups is 2. The molecule has 3 nitrogen and oxygen atoms in total. The van der Waals surface area contributed by atoms with E-state index in [4.69, 9.17) is 21.8 Å². The van der Waals surface area contributed by atoms with Crippen molar-refractivity contribution in [3.05, 3.63) is 22.7 Å². The molecule has 0 radical (unpaired) electrons. The molecule has 1 aromatic rings. The summed E-state index contributed by atoms with van der Waals surface area (Å²) >= 11 is 5.46. The fourth-order valence-corrected chi connectivity index (χ4v) is 0.888. The minimum Gasteiger partial charge on any atom is -0.507 e. The predicted molar refractivity (Wildman–Crippen MR) is 40.2 cm³/mol. The van der Waals surface area contributed by atoms with Gasteiger partial charge in [-0.15, -0.1) is 0 Å². The Hall–Kier alpha value is -1.22. The molecule has 2 N–H and O–H groups in total. The molecule has 0 aromatic heterocycles. The molecule has 4 heteroatoms. The summed E-state index contributed by atoms with van der Waals surface area (Å²) in [6.07, 6.45) is 0.386. The zero-order valence-corrected chi connectivity index (χ0v) is 6.17. The fourth-order valence-electron chi connectivity index (χ4n) is 0.683. The first-order valence-electron chi connectivity index (χ1n) is 2.82. The van der Waals surface area contributed by atoms with Crippen molar-refractivity contribution < 1.29 is 15.0 Å². The van der Waals surface area contributed by atoms with Crippen molar-refractivity contribution >= 4 is 17.9 Å². The third-order valence-electron chi connectivity index (χ3n) is 1.25. The third kappa shape index (κ3) is 1.28. The van der Waals surface area contributed by atoms with E-state index in [2.05, 4.69) is 0 Å². The molecular formula is C7H5ClO3. The Balaban J connectivity index is 3.40. The SMILES string of the molecule is O=Cc1c(O)ccc(O)c1Cl. The van der Waals surface area contributed by atoms with Crippen molar-refractivity contribution in [2.24, 2.45) is 0 Å². The Bertz CT molecular complexity index is 296. The summed E-state index contributed by atoms with van der Waals surface area (Å²) in [7, 11) is 0. The van der Waals surface area contributed by atoms with E-state index in [1.165, 1.54) is 12.1 Å². The quantitative estimate of drug-likeness (QED) is 0.499. The standard InChI is InChI=1S/C7H5ClO3/c8-7-4(3-9)5(10)1-2-6(7)11/h1-3,10-11H. The van der Waals surface area contributed by atoms with Gasteiger partial charge in [-0.1, -0.05) is 11.6 Å². The normalized spacial score (nSPS) is 9.55. The van der Waals surface area contributed by atoms with Gasteiger partial charge >= 0.3 is 0 Å². The van der Waals surface area contributed by atoms with E-state index in [1.54, 1.807) is 0 Å². The molecule has 0 aliphatic carbocycles. The van der Waals surface area contributed by atoms with Gasteiger partial charge in [0.1, 0.15) is 11.5 Å². The molecule has 0 saturated carbocycles. The van der Waals surface area contributed by atoms with Crippen LogP contribution in [0.3, 0.4) is 0 Å². The van der Waals surface area contributed by atoms with Crippen molar-refractivity contribution in [3.63, 3.8) is 0 Å². The lowest BCUT2D eigenvalue weighted by Gasteiger charge is -2.00. The van der Waals surface area contributed by atoms with Gasteiger partial charge in [-0.25, -0.2) is 0 Å². The zero-order chi connectivity index (χ0) is 8.43. The Labute approximate surface area is 67.8 Å². The number of hydrogen-bond acceptors (Lipinski definition) is 3. The van der Waals surface area contributed by atoms with Crippen molar-refractivity contribution in [1.82, 2.24) is 0 Å². The van der Waals surface area contributed by atoms with Gasteiger partial charge in [0.2, 0.25) is 0 Å². The van der Waals surface area contributed by atoms with Crippen LogP contribution in [0.1, 0.15) is 10.4 Å². The summed E-state index contributed by atoms with van der Waals surface area (Å²) in [5.41, 5.74) is -0.0910. The molecule has 0 aliphatic heterocycles. The van der Waals surface area contributed by atoms with Crippen LogP contribution in [0.2, 0.25) is 5.02 Å². The van der Waals surface area contributed by atoms with Gasteiger partial charge in [-0.2, -0.15) is 0 Å². The average Bonchev–Trinajstić information content (AvgIpc) is 1.99. The molecule has 0 bridgehead atoms. The summed E-state index contributed by atoms with van der Waals surface area (Å²) in [5.74, 6) is -0.450. The van der Waals surface area contributed by atoms with Crippen LogP contribution in [0.15, 0.2) is 12.1 Å². The third-order valence-corrected chi connectivity index (χ3v) is 1.65. The maximum atomic E-state index is 10.2. The van der Waals surface area contributed by atoms with Crippen LogP contribution in [-0.2, 0) is 0 Å². The molecular weight excluding hydrogens is 168 g/mol. The number of benzene rings is 1. The van der Waals surface area contributed by atoms with Crippen LogP contribution >= 0.6 is 11.6 Å². The first kappa shape index (κ1) is 7.88. The van der Waals surface area contributed by atoms with Crippen LogP contribution in [-0.4, -0.2) is 16.5 Å². The van der Waals surface area contributed by atoms with Gasteiger partial charge in [0.05, 0.1) is 10.6 Å². The molecule has 0 unspecified atom stereocenters. The van der Waals surface area contributed by atoms with Gasteiger partial charge in [0.15, 0.2) is 6.29 Å². The van der Waals surface area contributed by atoms with Gasteiger partial charge < -0.3 is 10.2 Å². The second kappa shape index (κ2) is 2.80. The molecule has 0 heterocycles. The minimum atomic E-state index is -0.234. The fraction of sp³-hybridized carbons (Fsp3) is 0. The minimum absolute atomic E-state index is 0.0910. The molecule has 1 aromatic carbocycles. The van der Waals surface area contributed by atoms with Gasteiger partial charge in [0, 0.05) is 0 Å². The summed E-state index contributed by atoms with van der Waals surface area (Å²) in [5, 5.41) is 17.8. The van der Waals surface area contributed by atoms with Gasteiger partial charge in [0.25, 0.3) is 0 Å². The predicted octanol–water partition coefficient (Wildman–Crippen LogP) is 1.56. The molecule has 11 heavy (non-hydrogen) atoms. The van der Waals surface area contributed by atoms with E-state index in [-0.39, 0.29) is 22.1 Å². The number of aldehydes is 1. The number of rotatable bonds is 1. The van der Waals surface area contributed by atoms with Crippen LogP contribution in [0, 0.1) is 0 Å². The molecule has 58 valence electrons. The number of carbonyl (C=O) groups excluding carboxylic acids is 1. The monoisotopic (exact) mass is 172 g/mol. The number of carbonyl (C=O) groups is 1. The lowest BCUT2D eigenvalue weighted by Crippen LogP contribution is -1.82. The average molecular weight is 173 g/mol. The summed E-state index contributed by atoms with van der Waals surface area (Å²) in [4.78, 5) is 10.2. The molecule has 0 spiro atoms. The van der Waals surface area contributed by atoms with Crippen LogP contribution in [0.25, 0.3) is 0 Å². The number of phenolic OH excluding ortho intramolecular Hbond substituents is 2. The Kier molecular flexibility index (Phi) is 2.01. The first-order valence-corrected chi connectivity index (χ1v) is 3.20. The maximum absolute atomic E-state index is 10.2. The smallest absolute Gasteiger partial charge is 0.155 e. The van der Waals surface area contributed by atoms with Crippen LogP contribution < -0.4 is 0 Å². The Morgan fingerprint density at radius 2 is 1.82 bits per heavy atom. The van der Waals surface area contributed by atoms with E-state index >= 15 is 0 Å². The van der Waals surface area contributed by atoms with E-state index in [0.29, 0.717) is 6.29 Å². The zero-order valence-electron chi connectivity index (χ0n) is 5.41. The number of hydrogen-bond donors (Lipinski definition) is 2. The molecule has 1 rings (SSSR count). The van der Waals surface area contributed by atoms with Crippen LogP contribution in [0.5, 0.6) is 11.5 Å². The van der Waals surface area contributed by atoms with Crippen LogP contribution in [0.4, 0.5) is 0 Å².